The summed E-state index contributed by atoms with van der Waals surface area (Å²) in [5.41, 5.74) is -2.33. The van der Waals surface area contributed by atoms with E-state index < -0.39 is 173 Å². The molecule has 8 atom stereocenters. The molecule has 4 N–H and O–H groups in total. The molecule has 3 aliphatic heterocycles. The van der Waals surface area contributed by atoms with E-state index in [1.807, 2.05) is 20.8 Å². The molecular formula is C72H110ClF3N12O12. The second-order valence-electron chi connectivity index (χ2n) is 29.8. The van der Waals surface area contributed by atoms with Crippen LogP contribution in [-0.2, 0) is 70.1 Å². The lowest BCUT2D eigenvalue weighted by atomic mass is 9.81. The highest BCUT2D eigenvalue weighted by atomic mass is 35.5. The lowest BCUT2D eigenvalue weighted by molar-refractivity contribution is -0.156. The first-order valence-electron chi connectivity index (χ1n) is 36.5. The molecule has 1 aromatic rings. The molecule has 1 spiro atoms. The van der Waals surface area contributed by atoms with Gasteiger partial charge in [-0.1, -0.05) is 116 Å². The number of nitrogens with one attached hydrogen (secondary N) is 4. The molecule has 7 rings (SSSR count). The maximum atomic E-state index is 15.7. The summed E-state index contributed by atoms with van der Waals surface area (Å²) in [7, 11) is 8.55. The van der Waals surface area contributed by atoms with E-state index in [1.54, 1.807) is 11.8 Å². The van der Waals surface area contributed by atoms with Crippen LogP contribution in [0, 0.1) is 23.7 Å². The first kappa shape index (κ1) is 80.3. The molecule has 1 unspecified atom stereocenters. The summed E-state index contributed by atoms with van der Waals surface area (Å²) in [5, 5.41) is 11.0. The van der Waals surface area contributed by atoms with E-state index in [0.717, 1.165) is 84.6 Å². The Morgan fingerprint density at radius 2 is 1.22 bits per heavy atom. The Kier molecular flexibility index (Phi) is 29.0. The standard InChI is InChI=1S/C72H110ClF3N12O12/c1-11-46(4)61-68(98)83(7)43-59(91)81(5)44-60(92)84(8)55(40-47-24-15-12-16-25-47)66(96)82(6)42-58(90)77-52(32-30-48-29-31-50(51(73)39-48)72(74,75)76)65(95)88-37-23-28-54(88)64(94)80-71(33-19-20-34-71)70(100)86(10)62(49-26-17-13-18-27-49)69(99)85(9)56(67(97)87-35-21-14-22-36-87)41-57(89)78-53(38-45(2)3)63(93)79-61/h29,31,39,45-47,49,52-56,61-62H,11-28,30,32-38,40-44H2,1-10H3,(H,77,90)(H,78,89)(H,79,93)(H,80,94)/t46-,52-,53-,54?,55-,56-,61-,62-/m0/s1. The lowest BCUT2D eigenvalue weighted by Crippen LogP contribution is -2.65. The van der Waals surface area contributed by atoms with Gasteiger partial charge in [-0.2, -0.15) is 13.2 Å². The van der Waals surface area contributed by atoms with Crippen molar-refractivity contribution in [2.45, 2.75) is 242 Å². The summed E-state index contributed by atoms with van der Waals surface area (Å²) in [6.07, 6.45) is 7.06. The second-order valence-corrected chi connectivity index (χ2v) is 30.2. The average molecular weight is 1430 g/mol. The van der Waals surface area contributed by atoms with Crippen molar-refractivity contribution in [1.29, 1.82) is 0 Å². The van der Waals surface area contributed by atoms with Crippen molar-refractivity contribution in [2.75, 3.05) is 81.6 Å². The number of aryl methyl sites for hydroxylation is 1. The van der Waals surface area contributed by atoms with Crippen LogP contribution in [0.4, 0.5) is 13.2 Å². The fourth-order valence-electron chi connectivity index (χ4n) is 15.6. The Bertz CT molecular complexity index is 3100. The fourth-order valence-corrected chi connectivity index (χ4v) is 15.9. The molecule has 100 heavy (non-hydrogen) atoms. The number of likely N-dealkylation sites (N-methyl/N-ethyl adjacent to an activating group) is 6. The van der Waals surface area contributed by atoms with E-state index in [4.69, 9.17) is 11.6 Å². The van der Waals surface area contributed by atoms with Gasteiger partial charge in [0.15, 0.2) is 0 Å². The third-order valence-corrected chi connectivity index (χ3v) is 22.2. The van der Waals surface area contributed by atoms with E-state index in [0.29, 0.717) is 70.0 Å². The van der Waals surface area contributed by atoms with Crippen LogP contribution in [0.5, 0.6) is 0 Å². The van der Waals surface area contributed by atoms with Gasteiger partial charge in [0, 0.05) is 61.9 Å². The van der Waals surface area contributed by atoms with E-state index >= 15 is 19.2 Å². The van der Waals surface area contributed by atoms with Crippen LogP contribution in [0.1, 0.15) is 193 Å². The Labute approximate surface area is 592 Å². The van der Waals surface area contributed by atoms with Crippen molar-refractivity contribution >= 4 is 82.5 Å². The minimum atomic E-state index is -4.76. The molecule has 12 amide bonds. The minimum Gasteiger partial charge on any atom is -0.344 e. The zero-order valence-electron chi connectivity index (χ0n) is 60.5. The largest absolute Gasteiger partial charge is 0.417 e. The van der Waals surface area contributed by atoms with Crippen molar-refractivity contribution in [2.24, 2.45) is 23.7 Å². The number of amides is 12. The Morgan fingerprint density at radius 1 is 0.620 bits per heavy atom. The van der Waals surface area contributed by atoms with Crippen LogP contribution in [-0.4, -0.2) is 239 Å². The summed E-state index contributed by atoms with van der Waals surface area (Å²) < 4.78 is 41.6. The van der Waals surface area contributed by atoms with Gasteiger partial charge in [-0.05, 0) is 125 Å². The third-order valence-electron chi connectivity index (χ3n) is 21.9. The normalized spacial score (nSPS) is 26.8. The number of benzene rings is 1. The first-order chi connectivity index (χ1) is 47.3. The summed E-state index contributed by atoms with van der Waals surface area (Å²) in [4.78, 5) is 189. The number of carbonyl (C=O) groups excluding carboxylic acids is 12. The van der Waals surface area contributed by atoms with Crippen molar-refractivity contribution in [3.8, 4) is 0 Å². The van der Waals surface area contributed by atoms with Crippen LogP contribution in [0.25, 0.3) is 0 Å². The Balaban J connectivity index is 1.28. The molecule has 558 valence electrons. The zero-order chi connectivity index (χ0) is 73.5. The first-order valence-corrected chi connectivity index (χ1v) is 36.8. The van der Waals surface area contributed by atoms with E-state index in [2.05, 4.69) is 21.3 Å². The molecule has 3 aliphatic carbocycles. The quantitative estimate of drug-likeness (QED) is 0.196. The number of halogens is 4. The molecule has 0 radical (unpaired) electrons. The Hall–Kier alpha value is -7.06. The maximum Gasteiger partial charge on any atom is 0.417 e. The molecule has 28 heteroatoms. The number of alkyl halides is 3. The number of nitrogens with zero attached hydrogens (tertiary/aromatic N) is 8. The van der Waals surface area contributed by atoms with Gasteiger partial charge in [0.2, 0.25) is 70.9 Å². The van der Waals surface area contributed by atoms with Crippen LogP contribution >= 0.6 is 11.6 Å². The molecule has 6 aliphatic rings. The van der Waals surface area contributed by atoms with E-state index in [1.165, 1.54) is 68.0 Å². The molecule has 1 aromatic carbocycles. The molecule has 0 aromatic heterocycles. The number of likely N-dealkylation sites (tertiary alicyclic amines) is 1. The zero-order valence-corrected chi connectivity index (χ0v) is 61.2. The van der Waals surface area contributed by atoms with Gasteiger partial charge in [0.25, 0.3) is 0 Å². The SMILES string of the molecule is CC[C@H](C)[C@@H]1NC(=O)[C@H](CC(C)C)NC(=O)C[C@@H](C(=O)N2CCCCC2)N(C)C(=O)[C@H](C2CCCCC2)N(C)C(=O)C2(CCCC2)NC(=O)C2CCCN2C(=O)[C@H](CCc2ccc(C(F)(F)F)c(Cl)c2)NC(=O)CN(C)C(=O)[C@H](CC2CCCCC2)N(C)C(=O)CN(C)C(=O)CN(C)C1=O. The summed E-state index contributed by atoms with van der Waals surface area (Å²) in [6.45, 7) is 6.41. The molecule has 3 heterocycles. The van der Waals surface area contributed by atoms with Crippen LogP contribution in [0.15, 0.2) is 18.2 Å². The van der Waals surface area contributed by atoms with Crippen LogP contribution in [0.3, 0.4) is 0 Å². The average Bonchev–Trinajstić information content (AvgIpc) is 1.59. The van der Waals surface area contributed by atoms with Crippen molar-refractivity contribution in [3.05, 3.63) is 34.3 Å². The van der Waals surface area contributed by atoms with Crippen LogP contribution in [0.2, 0.25) is 5.02 Å². The number of hydrogen-bond acceptors (Lipinski definition) is 12. The van der Waals surface area contributed by atoms with E-state index in [-0.39, 0.29) is 63.3 Å². The highest BCUT2D eigenvalue weighted by molar-refractivity contribution is 6.31. The van der Waals surface area contributed by atoms with Crippen molar-refractivity contribution < 1.29 is 70.7 Å². The predicted molar refractivity (Wildman–Crippen MR) is 369 cm³/mol. The number of fused-ring (bicyclic) bond motifs is 1. The van der Waals surface area contributed by atoms with E-state index in [9.17, 15) is 51.5 Å². The Morgan fingerprint density at radius 3 is 1.83 bits per heavy atom. The highest BCUT2D eigenvalue weighted by Gasteiger charge is 2.51. The topological polar surface area (TPSA) is 279 Å². The van der Waals surface area contributed by atoms with Crippen molar-refractivity contribution in [3.63, 3.8) is 0 Å². The monoisotopic (exact) mass is 1430 g/mol. The van der Waals surface area contributed by atoms with Crippen molar-refractivity contribution in [1.82, 2.24) is 60.5 Å². The predicted octanol–water partition coefficient (Wildman–Crippen LogP) is 6.08. The van der Waals surface area contributed by atoms with Gasteiger partial charge in [0.05, 0.1) is 36.6 Å². The fraction of sp³-hybridized carbons (Fsp3) is 0.750. The van der Waals surface area contributed by atoms with Gasteiger partial charge in [0.1, 0.15) is 47.8 Å². The summed E-state index contributed by atoms with van der Waals surface area (Å²) in [6, 6.07) is -5.57. The minimum absolute atomic E-state index is 0.0202. The van der Waals surface area contributed by atoms with Gasteiger partial charge in [-0.15, -0.1) is 0 Å². The second kappa shape index (κ2) is 36.2. The summed E-state index contributed by atoms with van der Waals surface area (Å²) in [5.74, 6) is -8.84. The molecule has 3 saturated heterocycles. The number of hydrogen-bond donors (Lipinski definition) is 4. The lowest BCUT2D eigenvalue weighted by Gasteiger charge is -2.43. The third kappa shape index (κ3) is 20.6. The molecule has 0 bridgehead atoms. The van der Waals surface area contributed by atoms with Gasteiger partial charge < -0.3 is 60.5 Å². The molecule has 3 saturated carbocycles. The van der Waals surface area contributed by atoms with Gasteiger partial charge >= 0.3 is 6.18 Å². The van der Waals surface area contributed by atoms with Gasteiger partial charge in [-0.3, -0.25) is 57.5 Å². The molecule has 6 fully saturated rings. The maximum absolute atomic E-state index is 15.7. The van der Waals surface area contributed by atoms with Gasteiger partial charge in [-0.25, -0.2) is 0 Å². The summed E-state index contributed by atoms with van der Waals surface area (Å²) >= 11 is 6.16. The molecular weight excluding hydrogens is 1320 g/mol. The number of carbonyl (C=O) groups is 12. The van der Waals surface area contributed by atoms with Crippen LogP contribution < -0.4 is 21.3 Å². The molecule has 24 nitrogen and oxygen atoms in total. The smallest absolute Gasteiger partial charge is 0.344 e. The number of piperidine rings is 1. The highest BCUT2D eigenvalue weighted by Crippen LogP contribution is 2.38. The number of rotatable bonds is 11.